The van der Waals surface area contributed by atoms with Crippen molar-refractivity contribution in [1.82, 2.24) is 0 Å². The second kappa shape index (κ2) is 4.57. The molecule has 0 rings (SSSR count). The molecule has 0 saturated heterocycles. The van der Waals surface area contributed by atoms with Crippen LogP contribution >= 0.6 is 11.6 Å². The molecule has 0 aliphatic rings. The normalized spacial score (nSPS) is 12.2. The van der Waals surface area contributed by atoms with Crippen LogP contribution in [-0.2, 0) is 4.79 Å². The molecule has 0 bridgehead atoms. The second-order valence-corrected chi connectivity index (χ2v) is 2.83. The lowest BCUT2D eigenvalue weighted by molar-refractivity contribution is -0.104. The van der Waals surface area contributed by atoms with Gasteiger partial charge in [-0.15, -0.1) is 0 Å². The number of carbonyl (C=O) groups excluding carboxylic acids is 1. The van der Waals surface area contributed by atoms with E-state index in [1.165, 1.54) is 6.08 Å². The van der Waals surface area contributed by atoms with E-state index in [2.05, 4.69) is 13.8 Å². The van der Waals surface area contributed by atoms with E-state index in [1.807, 2.05) is 0 Å². The maximum atomic E-state index is 9.84. The van der Waals surface area contributed by atoms with Crippen molar-refractivity contribution in [2.75, 3.05) is 0 Å². The summed E-state index contributed by atoms with van der Waals surface area (Å²) < 4.78 is 0. The zero-order chi connectivity index (χ0) is 7.28. The van der Waals surface area contributed by atoms with Gasteiger partial charge in [-0.05, 0) is 18.4 Å². The van der Waals surface area contributed by atoms with Gasteiger partial charge >= 0.3 is 0 Å². The molecule has 0 fully saturated rings. The van der Waals surface area contributed by atoms with Crippen LogP contribution in [0.1, 0.15) is 20.3 Å². The summed E-state index contributed by atoms with van der Waals surface area (Å²) >= 11 is 5.61. The maximum absolute atomic E-state index is 9.84. The van der Waals surface area contributed by atoms with Crippen LogP contribution in [-0.4, -0.2) is 6.29 Å². The summed E-state index contributed by atoms with van der Waals surface area (Å²) in [6.07, 6.45) is 2.90. The number of hydrogen-bond donors (Lipinski definition) is 0. The van der Waals surface area contributed by atoms with E-state index in [4.69, 9.17) is 11.6 Å². The van der Waals surface area contributed by atoms with Crippen LogP contribution < -0.4 is 0 Å². The summed E-state index contributed by atoms with van der Waals surface area (Å²) in [6.45, 7) is 4.11. The average molecular weight is 147 g/mol. The largest absolute Gasteiger partial charge is 0.299 e. The third kappa shape index (κ3) is 5.57. The van der Waals surface area contributed by atoms with Gasteiger partial charge in [-0.3, -0.25) is 4.79 Å². The third-order valence-electron chi connectivity index (χ3n) is 0.852. The van der Waals surface area contributed by atoms with E-state index in [-0.39, 0.29) is 0 Å². The summed E-state index contributed by atoms with van der Waals surface area (Å²) in [5.41, 5.74) is 0. The van der Waals surface area contributed by atoms with Gasteiger partial charge in [0.2, 0.25) is 0 Å². The summed E-state index contributed by atoms with van der Waals surface area (Å²) in [4.78, 5) is 9.84. The van der Waals surface area contributed by atoms with Crippen molar-refractivity contribution in [2.45, 2.75) is 20.3 Å². The van der Waals surface area contributed by atoms with Crippen LogP contribution in [0, 0.1) is 5.92 Å². The molecule has 0 aromatic rings. The summed E-state index contributed by atoms with van der Waals surface area (Å²) in [5.74, 6) is 0.522. The Balaban J connectivity index is 3.61. The molecule has 0 aromatic carbocycles. The quantitative estimate of drug-likeness (QED) is 0.441. The van der Waals surface area contributed by atoms with E-state index >= 15 is 0 Å². The monoisotopic (exact) mass is 146 g/mol. The number of allylic oxidation sites excluding steroid dienone is 2. The summed E-state index contributed by atoms with van der Waals surface area (Å²) in [5, 5.41) is 0.639. The van der Waals surface area contributed by atoms with Gasteiger partial charge in [0.05, 0.1) is 0 Å². The van der Waals surface area contributed by atoms with Crippen molar-refractivity contribution in [2.24, 2.45) is 5.92 Å². The molecule has 0 heterocycles. The Morgan fingerprint density at radius 2 is 2.22 bits per heavy atom. The Hall–Kier alpha value is -0.300. The van der Waals surface area contributed by atoms with Crippen molar-refractivity contribution in [1.29, 1.82) is 0 Å². The predicted octanol–water partition coefficient (Wildman–Crippen LogP) is 2.35. The SMILES string of the molecule is CC(C)C/C(Cl)=C/C=O. The molecule has 0 saturated carbocycles. The molecule has 0 aliphatic heterocycles. The van der Waals surface area contributed by atoms with Crippen LogP contribution in [0.5, 0.6) is 0 Å². The molecule has 2 heteroatoms. The van der Waals surface area contributed by atoms with Gasteiger partial charge in [0.25, 0.3) is 0 Å². The topological polar surface area (TPSA) is 17.1 Å². The minimum absolute atomic E-state index is 0.522. The molecule has 9 heavy (non-hydrogen) atoms. The van der Waals surface area contributed by atoms with E-state index in [0.29, 0.717) is 17.2 Å². The zero-order valence-electron chi connectivity index (χ0n) is 5.73. The minimum Gasteiger partial charge on any atom is -0.299 e. The van der Waals surface area contributed by atoms with Gasteiger partial charge in [0.15, 0.2) is 0 Å². The lowest BCUT2D eigenvalue weighted by Crippen LogP contribution is -1.85. The van der Waals surface area contributed by atoms with Gasteiger partial charge in [-0.25, -0.2) is 0 Å². The number of aldehydes is 1. The number of hydrogen-bond acceptors (Lipinski definition) is 1. The molecule has 0 N–H and O–H groups in total. The molecule has 0 radical (unpaired) electrons. The number of carbonyl (C=O) groups is 1. The van der Waals surface area contributed by atoms with Gasteiger partial charge < -0.3 is 0 Å². The second-order valence-electron chi connectivity index (χ2n) is 2.35. The maximum Gasteiger partial charge on any atom is 0.143 e. The lowest BCUT2D eigenvalue weighted by atomic mass is 10.1. The van der Waals surface area contributed by atoms with Gasteiger partial charge in [0.1, 0.15) is 6.29 Å². The molecule has 0 atom stereocenters. The number of rotatable bonds is 3. The van der Waals surface area contributed by atoms with Crippen molar-refractivity contribution in [3.63, 3.8) is 0 Å². The highest BCUT2D eigenvalue weighted by Gasteiger charge is 1.95. The molecule has 0 amide bonds. The van der Waals surface area contributed by atoms with Gasteiger partial charge in [-0.2, -0.15) is 0 Å². The van der Waals surface area contributed by atoms with Gasteiger partial charge in [-0.1, -0.05) is 25.4 Å². The third-order valence-corrected chi connectivity index (χ3v) is 1.13. The predicted molar refractivity (Wildman–Crippen MR) is 39.5 cm³/mol. The van der Waals surface area contributed by atoms with Crippen LogP contribution in [0.2, 0.25) is 0 Å². The summed E-state index contributed by atoms with van der Waals surface area (Å²) in [6, 6.07) is 0. The van der Waals surface area contributed by atoms with E-state index in [1.54, 1.807) is 0 Å². The molecule has 0 unspecified atom stereocenters. The Labute approximate surface area is 60.7 Å². The van der Waals surface area contributed by atoms with Crippen LogP contribution in [0.3, 0.4) is 0 Å². The van der Waals surface area contributed by atoms with E-state index < -0.39 is 0 Å². The molecule has 1 nitrogen and oxygen atoms in total. The zero-order valence-corrected chi connectivity index (χ0v) is 6.48. The molecular formula is C7H11ClO. The fourth-order valence-corrected chi connectivity index (χ4v) is 0.892. The Bertz CT molecular complexity index is 116. The first-order valence-corrected chi connectivity index (χ1v) is 3.34. The van der Waals surface area contributed by atoms with Crippen molar-refractivity contribution < 1.29 is 4.79 Å². The molecule has 0 aliphatic carbocycles. The standard InChI is InChI=1S/C7H11ClO/c1-6(2)5-7(8)3-4-9/h3-4,6H,5H2,1-2H3/b7-3-. The Kier molecular flexibility index (Phi) is 4.41. The lowest BCUT2D eigenvalue weighted by Gasteiger charge is -1.99. The van der Waals surface area contributed by atoms with Crippen LogP contribution in [0.15, 0.2) is 11.1 Å². The van der Waals surface area contributed by atoms with Crippen molar-refractivity contribution in [3.05, 3.63) is 11.1 Å². The molecular weight excluding hydrogens is 136 g/mol. The Morgan fingerprint density at radius 3 is 2.56 bits per heavy atom. The first-order valence-electron chi connectivity index (χ1n) is 2.96. The number of halogens is 1. The highest BCUT2D eigenvalue weighted by Crippen LogP contribution is 2.12. The fraction of sp³-hybridized carbons (Fsp3) is 0.571. The first kappa shape index (κ1) is 8.70. The van der Waals surface area contributed by atoms with Crippen LogP contribution in [0.4, 0.5) is 0 Å². The average Bonchev–Trinajstić information content (AvgIpc) is 1.63. The first-order chi connectivity index (χ1) is 4.16. The highest BCUT2D eigenvalue weighted by molar-refractivity contribution is 6.30. The van der Waals surface area contributed by atoms with Gasteiger partial charge in [0, 0.05) is 5.03 Å². The van der Waals surface area contributed by atoms with Crippen molar-refractivity contribution >= 4 is 17.9 Å². The molecule has 0 spiro atoms. The minimum atomic E-state index is 0.522. The van der Waals surface area contributed by atoms with E-state index in [0.717, 1.165) is 6.42 Å². The highest BCUT2D eigenvalue weighted by atomic mass is 35.5. The van der Waals surface area contributed by atoms with Crippen molar-refractivity contribution in [3.8, 4) is 0 Å². The fourth-order valence-electron chi connectivity index (χ4n) is 0.532. The molecule has 52 valence electrons. The van der Waals surface area contributed by atoms with Crippen LogP contribution in [0.25, 0.3) is 0 Å². The summed E-state index contributed by atoms with van der Waals surface area (Å²) in [7, 11) is 0. The molecule has 0 aromatic heterocycles. The smallest absolute Gasteiger partial charge is 0.143 e. The van der Waals surface area contributed by atoms with E-state index in [9.17, 15) is 4.79 Å². The Morgan fingerprint density at radius 1 is 1.67 bits per heavy atom.